The smallest absolute Gasteiger partial charge is 0.257 e. The van der Waals surface area contributed by atoms with Gasteiger partial charge < -0.3 is 10.3 Å². The molecule has 0 spiro atoms. The largest absolute Gasteiger partial charge is 0.364 e. The minimum absolute atomic E-state index is 0.265. The van der Waals surface area contributed by atoms with E-state index in [1.807, 2.05) is 13.0 Å². The first-order valence-electron chi connectivity index (χ1n) is 8.36. The Morgan fingerprint density at radius 1 is 1.24 bits per heavy atom. The molecule has 0 unspecified atom stereocenters. The van der Waals surface area contributed by atoms with Gasteiger partial charge in [0, 0.05) is 28.8 Å². The predicted molar refractivity (Wildman–Crippen MR) is 95.1 cm³/mol. The Morgan fingerprint density at radius 3 is 2.96 bits per heavy atom. The molecule has 2 N–H and O–H groups in total. The average molecular weight is 335 g/mol. The van der Waals surface area contributed by atoms with Crippen LogP contribution < -0.4 is 5.32 Å². The third kappa shape index (κ3) is 2.93. The lowest BCUT2D eigenvalue weighted by Gasteiger charge is -2.10. The number of rotatable bonds is 2. The summed E-state index contributed by atoms with van der Waals surface area (Å²) in [6, 6.07) is 9.99. The van der Waals surface area contributed by atoms with E-state index in [2.05, 4.69) is 16.4 Å². The van der Waals surface area contributed by atoms with Crippen molar-refractivity contribution in [2.75, 3.05) is 5.32 Å². The fourth-order valence-corrected chi connectivity index (χ4v) is 3.34. The summed E-state index contributed by atoms with van der Waals surface area (Å²) >= 11 is 0. The number of hydrogen-bond donors (Lipinski definition) is 2. The van der Waals surface area contributed by atoms with Gasteiger partial charge in [-0.25, -0.2) is 4.39 Å². The molecule has 3 aromatic rings. The van der Waals surface area contributed by atoms with Crippen LogP contribution in [0.3, 0.4) is 0 Å². The number of pyridine rings is 1. The normalized spacial score (nSPS) is 12.9. The number of H-pyrrole nitrogens is 1. The second kappa shape index (κ2) is 6.16. The van der Waals surface area contributed by atoms with Crippen LogP contribution in [-0.2, 0) is 12.8 Å². The molecule has 4 rings (SSSR count). The highest BCUT2D eigenvalue weighted by atomic mass is 19.1. The van der Waals surface area contributed by atoms with Gasteiger partial charge in [-0.05, 0) is 56.0 Å². The first-order chi connectivity index (χ1) is 12.1. The lowest BCUT2D eigenvalue weighted by molar-refractivity contribution is 0.102. The Hall–Kier alpha value is -2.95. The third-order valence-electron chi connectivity index (χ3n) is 4.52. The molecule has 0 aliphatic heterocycles. The van der Waals surface area contributed by atoms with Crippen molar-refractivity contribution < 1.29 is 9.18 Å². The predicted octanol–water partition coefficient (Wildman–Crippen LogP) is 4.27. The van der Waals surface area contributed by atoms with Crippen molar-refractivity contribution in [1.29, 1.82) is 0 Å². The fourth-order valence-electron chi connectivity index (χ4n) is 3.34. The number of halogens is 1. The quantitative estimate of drug-likeness (QED) is 0.735. The maximum atomic E-state index is 13.4. The Balaban J connectivity index is 1.76. The molecule has 2 aromatic heterocycles. The molecule has 1 aliphatic rings. The maximum absolute atomic E-state index is 13.4. The lowest BCUT2D eigenvalue weighted by Crippen LogP contribution is -2.13. The molecule has 5 heteroatoms. The van der Waals surface area contributed by atoms with Crippen molar-refractivity contribution in [2.24, 2.45) is 0 Å². The third-order valence-corrected chi connectivity index (χ3v) is 4.52. The van der Waals surface area contributed by atoms with Crippen LogP contribution in [0.1, 0.15) is 33.7 Å². The Morgan fingerprint density at radius 2 is 2.12 bits per heavy atom. The molecule has 1 aliphatic carbocycles. The number of aryl methyl sites for hydroxylation is 3. The van der Waals surface area contributed by atoms with Gasteiger partial charge in [0.05, 0.1) is 11.3 Å². The van der Waals surface area contributed by atoms with Crippen LogP contribution in [0.25, 0.3) is 11.3 Å². The number of aromatic nitrogens is 2. The molecule has 0 bridgehead atoms. The molecule has 4 nitrogen and oxygen atoms in total. The number of hydrogen-bond acceptors (Lipinski definition) is 2. The van der Waals surface area contributed by atoms with E-state index in [9.17, 15) is 9.18 Å². The number of benzene rings is 1. The second-order valence-electron chi connectivity index (χ2n) is 6.33. The first-order valence-corrected chi connectivity index (χ1v) is 8.36. The van der Waals surface area contributed by atoms with Gasteiger partial charge in [0.25, 0.3) is 5.91 Å². The number of anilines is 1. The topological polar surface area (TPSA) is 57.8 Å². The van der Waals surface area contributed by atoms with Crippen molar-refractivity contribution in [1.82, 2.24) is 9.97 Å². The SMILES string of the molecule is Cc1ccc2c(n1)-c1c(C(=O)Nc3cccc(F)c3)c[nH]c1CCC2. The Labute approximate surface area is 145 Å². The first kappa shape index (κ1) is 15.6. The minimum atomic E-state index is -0.381. The highest BCUT2D eigenvalue weighted by Gasteiger charge is 2.24. The fraction of sp³-hybridized carbons (Fsp3) is 0.200. The van der Waals surface area contributed by atoms with Gasteiger partial charge in [-0.3, -0.25) is 9.78 Å². The molecule has 0 saturated heterocycles. The summed E-state index contributed by atoms with van der Waals surface area (Å²) in [6.07, 6.45) is 4.54. The molecule has 0 radical (unpaired) electrons. The number of aromatic amines is 1. The number of amides is 1. The van der Waals surface area contributed by atoms with E-state index in [1.54, 1.807) is 18.3 Å². The van der Waals surface area contributed by atoms with Gasteiger partial charge in [0.15, 0.2) is 0 Å². The summed E-state index contributed by atoms with van der Waals surface area (Å²) in [7, 11) is 0. The van der Waals surface area contributed by atoms with Crippen LogP contribution in [0, 0.1) is 12.7 Å². The maximum Gasteiger partial charge on any atom is 0.257 e. The zero-order valence-electron chi connectivity index (χ0n) is 13.9. The molecule has 2 heterocycles. The summed E-state index contributed by atoms with van der Waals surface area (Å²) in [5, 5.41) is 2.77. The molecule has 0 fully saturated rings. The summed E-state index contributed by atoms with van der Waals surface area (Å²) < 4.78 is 13.4. The number of carbonyl (C=O) groups is 1. The van der Waals surface area contributed by atoms with E-state index in [1.165, 1.54) is 12.1 Å². The highest BCUT2D eigenvalue weighted by Crippen LogP contribution is 2.34. The van der Waals surface area contributed by atoms with Crippen molar-refractivity contribution in [3.8, 4) is 11.3 Å². The molecule has 0 atom stereocenters. The van der Waals surface area contributed by atoms with E-state index in [0.717, 1.165) is 47.5 Å². The van der Waals surface area contributed by atoms with E-state index in [-0.39, 0.29) is 11.7 Å². The van der Waals surface area contributed by atoms with Crippen molar-refractivity contribution in [3.05, 3.63) is 70.9 Å². The van der Waals surface area contributed by atoms with Crippen LogP contribution in [0.5, 0.6) is 0 Å². The molecule has 126 valence electrons. The van der Waals surface area contributed by atoms with Crippen molar-refractivity contribution in [2.45, 2.75) is 26.2 Å². The standard InChI is InChI=1S/C20H18FN3O/c1-12-8-9-13-4-2-7-17-18(19(13)23-12)16(11-22-17)20(25)24-15-6-3-5-14(21)10-15/h3,5-6,8-11,22H,2,4,7H2,1H3,(H,24,25). The summed E-state index contributed by atoms with van der Waals surface area (Å²) in [6.45, 7) is 1.95. The van der Waals surface area contributed by atoms with Crippen LogP contribution in [0.15, 0.2) is 42.6 Å². The zero-order valence-corrected chi connectivity index (χ0v) is 13.9. The van der Waals surface area contributed by atoms with Crippen LogP contribution >= 0.6 is 0 Å². The van der Waals surface area contributed by atoms with Crippen LogP contribution in [0.2, 0.25) is 0 Å². The molecule has 25 heavy (non-hydrogen) atoms. The molecular formula is C20H18FN3O. The molecule has 1 aromatic carbocycles. The number of nitrogens with one attached hydrogen (secondary N) is 2. The summed E-state index contributed by atoms with van der Waals surface area (Å²) in [5.74, 6) is -0.646. The van der Waals surface area contributed by atoms with Gasteiger partial charge in [-0.2, -0.15) is 0 Å². The van der Waals surface area contributed by atoms with Gasteiger partial charge in [-0.15, -0.1) is 0 Å². The number of nitrogens with zero attached hydrogens (tertiary/aromatic N) is 1. The van der Waals surface area contributed by atoms with Gasteiger partial charge >= 0.3 is 0 Å². The summed E-state index contributed by atoms with van der Waals surface area (Å²) in [5.41, 5.74) is 5.82. The zero-order chi connectivity index (χ0) is 17.4. The van der Waals surface area contributed by atoms with Gasteiger partial charge in [-0.1, -0.05) is 12.1 Å². The molecule has 1 amide bonds. The highest BCUT2D eigenvalue weighted by molar-refractivity contribution is 6.09. The number of carbonyl (C=O) groups excluding carboxylic acids is 1. The Bertz CT molecular complexity index is 961. The Kier molecular flexibility index (Phi) is 3.84. The average Bonchev–Trinajstić information content (AvgIpc) is 2.92. The summed E-state index contributed by atoms with van der Waals surface area (Å²) in [4.78, 5) is 20.7. The molecule has 0 saturated carbocycles. The lowest BCUT2D eigenvalue weighted by atomic mass is 10.0. The second-order valence-corrected chi connectivity index (χ2v) is 6.33. The van der Waals surface area contributed by atoms with E-state index >= 15 is 0 Å². The van der Waals surface area contributed by atoms with Crippen LogP contribution in [0.4, 0.5) is 10.1 Å². The minimum Gasteiger partial charge on any atom is -0.364 e. The molecular weight excluding hydrogens is 317 g/mol. The monoisotopic (exact) mass is 335 g/mol. The van der Waals surface area contributed by atoms with Gasteiger partial charge in [0.1, 0.15) is 5.82 Å². The van der Waals surface area contributed by atoms with E-state index in [4.69, 9.17) is 4.98 Å². The van der Waals surface area contributed by atoms with Gasteiger partial charge in [0.2, 0.25) is 0 Å². The van der Waals surface area contributed by atoms with E-state index < -0.39 is 0 Å². The van der Waals surface area contributed by atoms with Crippen molar-refractivity contribution in [3.63, 3.8) is 0 Å². The van der Waals surface area contributed by atoms with E-state index in [0.29, 0.717) is 11.3 Å². The van der Waals surface area contributed by atoms with Crippen LogP contribution in [-0.4, -0.2) is 15.9 Å². The number of fused-ring (bicyclic) bond motifs is 3. The van der Waals surface area contributed by atoms with Crippen molar-refractivity contribution >= 4 is 11.6 Å².